The van der Waals surface area contributed by atoms with Crippen molar-refractivity contribution in [3.8, 4) is 11.5 Å². The molecule has 12 nitrogen and oxygen atoms in total. The summed E-state index contributed by atoms with van der Waals surface area (Å²) in [5.41, 5.74) is 6.72. The van der Waals surface area contributed by atoms with Crippen LogP contribution in [0.15, 0.2) is 62.0 Å². The first-order chi connectivity index (χ1) is 19.0. The summed E-state index contributed by atoms with van der Waals surface area (Å²) in [5, 5.41) is 3.56. The fraction of sp³-hybridized carbons (Fsp3) is 0.192. The molecular formula is C26H22N8O4S. The van der Waals surface area contributed by atoms with Gasteiger partial charge < -0.3 is 15.8 Å². The van der Waals surface area contributed by atoms with Gasteiger partial charge in [-0.1, -0.05) is 6.58 Å². The number of primary amides is 1. The van der Waals surface area contributed by atoms with E-state index in [1.807, 2.05) is 0 Å². The Kier molecular flexibility index (Phi) is 6.11. The Balaban J connectivity index is 1.46. The SMILES string of the molecule is C=CC(=O)N[C@H]1CCC[C@H]1N1C(=O)N(c2ccc(Oc3cncnc3)cn2)c2ccnc3sc(C(N)=O)c1c23. The molecule has 4 amide bonds. The number of hydrogen-bond acceptors (Lipinski definition) is 9. The summed E-state index contributed by atoms with van der Waals surface area (Å²) in [6, 6.07) is 3.88. The maximum atomic E-state index is 14.3. The smallest absolute Gasteiger partial charge is 0.335 e. The van der Waals surface area contributed by atoms with Crippen molar-refractivity contribution in [2.45, 2.75) is 31.3 Å². The number of urea groups is 1. The van der Waals surface area contributed by atoms with Crippen molar-refractivity contribution in [3.05, 3.63) is 66.8 Å². The van der Waals surface area contributed by atoms with E-state index in [2.05, 4.69) is 31.8 Å². The molecule has 0 saturated heterocycles. The minimum atomic E-state index is -0.653. The van der Waals surface area contributed by atoms with E-state index in [1.54, 1.807) is 29.3 Å². The first-order valence-electron chi connectivity index (χ1n) is 12.1. The van der Waals surface area contributed by atoms with Gasteiger partial charge in [-0.3, -0.25) is 14.5 Å². The average Bonchev–Trinajstić information content (AvgIpc) is 3.56. The third-order valence-electron chi connectivity index (χ3n) is 6.69. The lowest BCUT2D eigenvalue weighted by molar-refractivity contribution is -0.117. The maximum Gasteiger partial charge on any atom is 0.335 e. The van der Waals surface area contributed by atoms with Crippen LogP contribution in [0.5, 0.6) is 11.5 Å². The van der Waals surface area contributed by atoms with Crippen molar-refractivity contribution in [3.63, 3.8) is 0 Å². The molecule has 196 valence electrons. The summed E-state index contributed by atoms with van der Waals surface area (Å²) in [7, 11) is 0. The predicted octanol–water partition coefficient (Wildman–Crippen LogP) is 3.67. The molecule has 0 aromatic carbocycles. The first-order valence-corrected chi connectivity index (χ1v) is 12.9. The molecule has 3 N–H and O–H groups in total. The minimum Gasteiger partial charge on any atom is -0.452 e. The van der Waals surface area contributed by atoms with Crippen LogP contribution in [0.4, 0.5) is 22.0 Å². The van der Waals surface area contributed by atoms with E-state index in [0.29, 0.717) is 51.7 Å². The van der Waals surface area contributed by atoms with Crippen LogP contribution in [-0.4, -0.2) is 49.9 Å². The van der Waals surface area contributed by atoms with E-state index in [1.165, 1.54) is 35.9 Å². The monoisotopic (exact) mass is 542 g/mol. The first kappa shape index (κ1) is 24.4. The summed E-state index contributed by atoms with van der Waals surface area (Å²) in [6.07, 6.45) is 10.8. The second-order valence-corrected chi connectivity index (χ2v) is 9.99. The quantitative estimate of drug-likeness (QED) is 0.335. The highest BCUT2D eigenvalue weighted by Crippen LogP contribution is 2.50. The van der Waals surface area contributed by atoms with Gasteiger partial charge in [0.2, 0.25) is 5.91 Å². The zero-order valence-corrected chi connectivity index (χ0v) is 21.3. The van der Waals surface area contributed by atoms with Crippen LogP contribution in [0.25, 0.3) is 10.2 Å². The fourth-order valence-corrected chi connectivity index (χ4v) is 6.12. The van der Waals surface area contributed by atoms with Crippen LogP contribution in [0.3, 0.4) is 0 Å². The van der Waals surface area contributed by atoms with Crippen LogP contribution < -0.4 is 25.6 Å². The standard InChI is InChI=1S/C26H22N8O4S/c1-2-20(35)32-16-4-3-5-17(16)34-22-21-18(8-9-30-25(21)39-23(22)24(27)36)33(26(34)37)19-7-6-14(12-31-19)38-15-10-28-13-29-11-15/h2,6-13,16-17H,1,3-5H2,(H2,27,36)(H,32,35)/t16-,17+/m0/s1. The van der Waals surface area contributed by atoms with Gasteiger partial charge in [0.1, 0.15) is 27.6 Å². The van der Waals surface area contributed by atoms with Gasteiger partial charge in [0.05, 0.1) is 47.4 Å². The average molecular weight is 543 g/mol. The van der Waals surface area contributed by atoms with E-state index in [-0.39, 0.29) is 16.8 Å². The number of anilines is 3. The number of carbonyl (C=O) groups is 3. The molecule has 0 unspecified atom stereocenters. The molecule has 13 heteroatoms. The third kappa shape index (κ3) is 4.22. The molecular weight excluding hydrogens is 520 g/mol. The lowest BCUT2D eigenvalue weighted by Crippen LogP contribution is -2.55. The molecule has 0 bridgehead atoms. The molecule has 1 fully saturated rings. The number of pyridine rings is 2. The third-order valence-corrected chi connectivity index (χ3v) is 7.80. The van der Waals surface area contributed by atoms with Gasteiger partial charge in [-0.25, -0.2) is 29.6 Å². The molecule has 4 aromatic heterocycles. The number of aromatic nitrogens is 4. The van der Waals surface area contributed by atoms with Gasteiger partial charge in [-0.2, -0.15) is 0 Å². The molecule has 6 rings (SSSR count). The van der Waals surface area contributed by atoms with Gasteiger partial charge >= 0.3 is 6.03 Å². The van der Waals surface area contributed by atoms with Crippen LogP contribution in [0.1, 0.15) is 28.9 Å². The highest BCUT2D eigenvalue weighted by molar-refractivity contribution is 7.21. The van der Waals surface area contributed by atoms with Crippen LogP contribution in [-0.2, 0) is 4.79 Å². The zero-order valence-electron chi connectivity index (χ0n) is 20.5. The number of rotatable bonds is 7. The predicted molar refractivity (Wildman–Crippen MR) is 144 cm³/mol. The Labute approximate surface area is 226 Å². The summed E-state index contributed by atoms with van der Waals surface area (Å²) in [4.78, 5) is 59.7. The van der Waals surface area contributed by atoms with Crippen molar-refractivity contribution in [1.82, 2.24) is 25.3 Å². The molecule has 5 heterocycles. The van der Waals surface area contributed by atoms with Gasteiger partial charge in [-0.05, 0) is 43.5 Å². The van der Waals surface area contributed by atoms with Gasteiger partial charge in [0.25, 0.3) is 5.91 Å². The number of ether oxygens (including phenoxy) is 1. The van der Waals surface area contributed by atoms with Gasteiger partial charge in [-0.15, -0.1) is 11.3 Å². The second-order valence-electron chi connectivity index (χ2n) is 8.99. The molecule has 1 saturated carbocycles. The van der Waals surface area contributed by atoms with Crippen molar-refractivity contribution in [1.29, 1.82) is 0 Å². The van der Waals surface area contributed by atoms with E-state index >= 15 is 0 Å². The van der Waals surface area contributed by atoms with E-state index in [0.717, 1.165) is 17.8 Å². The zero-order chi connectivity index (χ0) is 27.1. The molecule has 1 aliphatic carbocycles. The molecule has 2 aliphatic rings. The Bertz CT molecular complexity index is 1610. The fourth-order valence-electron chi connectivity index (χ4n) is 5.11. The van der Waals surface area contributed by atoms with Gasteiger partial charge in [0.15, 0.2) is 5.75 Å². The minimum absolute atomic E-state index is 0.237. The maximum absolute atomic E-state index is 14.3. The number of nitrogens with two attached hydrogens (primary N) is 1. The van der Waals surface area contributed by atoms with Crippen molar-refractivity contribution in [2.75, 3.05) is 9.80 Å². The number of carbonyl (C=O) groups excluding carboxylic acids is 3. The largest absolute Gasteiger partial charge is 0.452 e. The van der Waals surface area contributed by atoms with Crippen LogP contribution in [0, 0.1) is 0 Å². The topological polar surface area (TPSA) is 157 Å². The lowest BCUT2D eigenvalue weighted by atomic mass is 10.0. The molecule has 4 aromatic rings. The van der Waals surface area contributed by atoms with Gasteiger partial charge in [0, 0.05) is 6.20 Å². The Morgan fingerprint density at radius 1 is 1.13 bits per heavy atom. The molecule has 0 radical (unpaired) electrons. The van der Waals surface area contributed by atoms with E-state index in [9.17, 15) is 14.4 Å². The number of amides is 4. The van der Waals surface area contributed by atoms with Crippen molar-refractivity contribution >= 4 is 56.6 Å². The van der Waals surface area contributed by atoms with Crippen molar-refractivity contribution in [2.24, 2.45) is 5.73 Å². The number of thiophene rings is 1. The summed E-state index contributed by atoms with van der Waals surface area (Å²) < 4.78 is 5.75. The van der Waals surface area contributed by atoms with E-state index in [4.69, 9.17) is 10.5 Å². The van der Waals surface area contributed by atoms with Crippen molar-refractivity contribution < 1.29 is 19.1 Å². The normalized spacial score (nSPS) is 18.3. The number of nitrogens with one attached hydrogen (secondary N) is 1. The summed E-state index contributed by atoms with van der Waals surface area (Å²) in [5.74, 6) is 0.237. The Morgan fingerprint density at radius 2 is 1.95 bits per heavy atom. The second kappa shape index (κ2) is 9.76. The molecule has 1 aliphatic heterocycles. The summed E-state index contributed by atoms with van der Waals surface area (Å²) in [6.45, 7) is 3.54. The highest BCUT2D eigenvalue weighted by Gasteiger charge is 2.45. The number of nitrogens with zero attached hydrogens (tertiary/aromatic N) is 6. The van der Waals surface area contributed by atoms with Crippen LogP contribution >= 0.6 is 11.3 Å². The molecule has 0 spiro atoms. The van der Waals surface area contributed by atoms with E-state index < -0.39 is 18.0 Å². The number of hydrogen-bond donors (Lipinski definition) is 2. The Hall–Kier alpha value is -4.91. The van der Waals surface area contributed by atoms with Crippen LogP contribution in [0.2, 0.25) is 0 Å². The Morgan fingerprint density at radius 3 is 2.67 bits per heavy atom. The molecule has 39 heavy (non-hydrogen) atoms. The highest BCUT2D eigenvalue weighted by atomic mass is 32.1. The molecule has 2 atom stereocenters. The lowest BCUT2D eigenvalue weighted by Gasteiger charge is -2.40. The summed E-state index contributed by atoms with van der Waals surface area (Å²) >= 11 is 1.13.